The average Bonchev–Trinajstić information content (AvgIpc) is 2.96. The number of hydrogen-bond donors (Lipinski definition) is 2. The molecule has 134 valence electrons. The lowest BCUT2D eigenvalue weighted by atomic mass is 9.84. The summed E-state index contributed by atoms with van der Waals surface area (Å²) in [5.41, 5.74) is 6.82. The van der Waals surface area contributed by atoms with Crippen molar-refractivity contribution < 1.29 is 4.79 Å². The van der Waals surface area contributed by atoms with E-state index in [0.29, 0.717) is 18.2 Å². The van der Waals surface area contributed by atoms with Crippen molar-refractivity contribution in [2.75, 3.05) is 6.54 Å². The van der Waals surface area contributed by atoms with Gasteiger partial charge in [-0.2, -0.15) is 4.98 Å². The van der Waals surface area contributed by atoms with Gasteiger partial charge in [0.25, 0.3) is 11.7 Å². The lowest BCUT2D eigenvalue weighted by Crippen LogP contribution is -2.46. The molecule has 1 fully saturated rings. The van der Waals surface area contributed by atoms with Gasteiger partial charge >= 0.3 is 0 Å². The second-order valence-electron chi connectivity index (χ2n) is 6.03. The van der Waals surface area contributed by atoms with Gasteiger partial charge in [-0.1, -0.05) is 19.3 Å². The van der Waals surface area contributed by atoms with E-state index in [1.165, 1.54) is 23.8 Å². The van der Waals surface area contributed by atoms with Crippen LogP contribution in [0.5, 0.6) is 0 Å². The molecule has 7 nitrogen and oxygen atoms in total. The monoisotopic (exact) mass is 374 g/mol. The zero-order chi connectivity index (χ0) is 15.5. The first kappa shape index (κ1) is 20.6. The third-order valence-corrected chi connectivity index (χ3v) is 4.32. The Morgan fingerprint density at radius 2 is 2.08 bits per heavy atom. The molecular weight excluding hydrogens is 351 g/mol. The number of nitrogens with two attached hydrogens (primary N) is 1. The summed E-state index contributed by atoms with van der Waals surface area (Å²) in [5.74, 6) is 0.759. The zero-order valence-corrected chi connectivity index (χ0v) is 15.3. The standard InChI is InChI=1S/C15H22N6O.2ClH/c1-10-8-17-15-19-13(20-21(15)9-10)14(22)18-12(7-16)11-5-3-2-4-6-11;;/h8-9,11-12H,2-7,16H2,1H3,(H,18,22);2*1H. The Bertz CT molecular complexity index is 671. The van der Waals surface area contributed by atoms with Crippen LogP contribution in [0.2, 0.25) is 0 Å². The fourth-order valence-corrected chi connectivity index (χ4v) is 3.11. The van der Waals surface area contributed by atoms with E-state index in [1.54, 1.807) is 12.4 Å². The maximum Gasteiger partial charge on any atom is 0.291 e. The molecular formula is C15H24Cl2N6O. The number of carbonyl (C=O) groups is 1. The maximum absolute atomic E-state index is 12.4. The molecule has 0 spiro atoms. The van der Waals surface area contributed by atoms with Gasteiger partial charge < -0.3 is 11.1 Å². The van der Waals surface area contributed by atoms with E-state index < -0.39 is 0 Å². The normalized spacial score (nSPS) is 16.1. The summed E-state index contributed by atoms with van der Waals surface area (Å²) in [5, 5.41) is 7.19. The van der Waals surface area contributed by atoms with Crippen LogP contribution in [0.25, 0.3) is 5.78 Å². The molecule has 1 amide bonds. The second-order valence-corrected chi connectivity index (χ2v) is 6.03. The average molecular weight is 375 g/mol. The predicted molar refractivity (Wildman–Crippen MR) is 96.9 cm³/mol. The molecule has 2 heterocycles. The third kappa shape index (κ3) is 4.55. The minimum absolute atomic E-state index is 0. The van der Waals surface area contributed by atoms with E-state index >= 15 is 0 Å². The molecule has 1 aliphatic rings. The van der Waals surface area contributed by atoms with Crippen molar-refractivity contribution in [3.63, 3.8) is 0 Å². The van der Waals surface area contributed by atoms with Crippen molar-refractivity contribution in [2.24, 2.45) is 11.7 Å². The molecule has 0 saturated heterocycles. The van der Waals surface area contributed by atoms with Gasteiger partial charge in [0.15, 0.2) is 0 Å². The molecule has 0 aromatic carbocycles. The quantitative estimate of drug-likeness (QED) is 0.851. The number of aromatic nitrogens is 4. The molecule has 2 aromatic heterocycles. The van der Waals surface area contributed by atoms with Crippen LogP contribution in [0.4, 0.5) is 0 Å². The number of carbonyl (C=O) groups excluding carboxylic acids is 1. The fourth-order valence-electron chi connectivity index (χ4n) is 3.11. The molecule has 1 saturated carbocycles. The molecule has 3 N–H and O–H groups in total. The lowest BCUT2D eigenvalue weighted by molar-refractivity contribution is 0.0905. The highest BCUT2D eigenvalue weighted by Crippen LogP contribution is 2.26. The van der Waals surface area contributed by atoms with Crippen LogP contribution in [-0.4, -0.2) is 38.1 Å². The van der Waals surface area contributed by atoms with Gasteiger partial charge in [0.2, 0.25) is 5.82 Å². The molecule has 0 bridgehead atoms. The van der Waals surface area contributed by atoms with E-state index in [0.717, 1.165) is 18.4 Å². The van der Waals surface area contributed by atoms with Crippen LogP contribution >= 0.6 is 24.8 Å². The highest BCUT2D eigenvalue weighted by atomic mass is 35.5. The number of rotatable bonds is 4. The Morgan fingerprint density at radius 3 is 2.75 bits per heavy atom. The number of aryl methyl sites for hydroxylation is 1. The number of hydrogen-bond acceptors (Lipinski definition) is 5. The molecule has 2 aromatic rings. The van der Waals surface area contributed by atoms with E-state index in [-0.39, 0.29) is 42.6 Å². The smallest absolute Gasteiger partial charge is 0.291 e. The summed E-state index contributed by atoms with van der Waals surface area (Å²) >= 11 is 0. The number of halogens is 2. The van der Waals surface area contributed by atoms with Gasteiger partial charge in [0.05, 0.1) is 0 Å². The van der Waals surface area contributed by atoms with Crippen molar-refractivity contribution in [3.8, 4) is 0 Å². The van der Waals surface area contributed by atoms with E-state index in [1.807, 2.05) is 6.92 Å². The minimum Gasteiger partial charge on any atom is -0.345 e. The zero-order valence-electron chi connectivity index (χ0n) is 13.6. The number of nitrogens with one attached hydrogen (secondary N) is 1. The molecule has 24 heavy (non-hydrogen) atoms. The van der Waals surface area contributed by atoms with E-state index in [2.05, 4.69) is 20.4 Å². The molecule has 1 unspecified atom stereocenters. The molecule has 1 aliphatic carbocycles. The van der Waals surface area contributed by atoms with Crippen LogP contribution < -0.4 is 11.1 Å². The van der Waals surface area contributed by atoms with Crippen LogP contribution in [0.3, 0.4) is 0 Å². The van der Waals surface area contributed by atoms with Gasteiger partial charge in [-0.15, -0.1) is 29.9 Å². The van der Waals surface area contributed by atoms with E-state index in [4.69, 9.17) is 5.73 Å². The summed E-state index contributed by atoms with van der Waals surface area (Å²) in [4.78, 5) is 20.7. The Morgan fingerprint density at radius 1 is 1.38 bits per heavy atom. The third-order valence-electron chi connectivity index (χ3n) is 4.32. The summed E-state index contributed by atoms with van der Waals surface area (Å²) in [7, 11) is 0. The number of amides is 1. The number of fused-ring (bicyclic) bond motifs is 1. The first-order chi connectivity index (χ1) is 10.7. The van der Waals surface area contributed by atoms with Crippen molar-refractivity contribution in [1.82, 2.24) is 24.9 Å². The van der Waals surface area contributed by atoms with Crippen molar-refractivity contribution >= 4 is 36.5 Å². The van der Waals surface area contributed by atoms with Crippen molar-refractivity contribution in [1.29, 1.82) is 0 Å². The topological polar surface area (TPSA) is 98.2 Å². The van der Waals surface area contributed by atoms with Gasteiger partial charge in [-0.05, 0) is 31.2 Å². The Labute approximate surface area is 153 Å². The Balaban J connectivity index is 0.00000144. The van der Waals surface area contributed by atoms with Crippen molar-refractivity contribution in [3.05, 3.63) is 23.8 Å². The first-order valence-electron chi connectivity index (χ1n) is 7.87. The van der Waals surface area contributed by atoms with Crippen LogP contribution in [0.15, 0.2) is 12.4 Å². The highest BCUT2D eigenvalue weighted by molar-refractivity contribution is 5.91. The molecule has 3 rings (SSSR count). The van der Waals surface area contributed by atoms with Gasteiger partial charge in [-0.25, -0.2) is 9.50 Å². The van der Waals surface area contributed by atoms with Gasteiger partial charge in [0, 0.05) is 25.0 Å². The minimum atomic E-state index is -0.274. The van der Waals surface area contributed by atoms with Gasteiger partial charge in [0.1, 0.15) is 0 Å². The summed E-state index contributed by atoms with van der Waals surface area (Å²) in [6.45, 7) is 2.36. The largest absolute Gasteiger partial charge is 0.345 e. The molecule has 1 atom stereocenters. The summed E-state index contributed by atoms with van der Waals surface area (Å²) in [6, 6.07) is -0.00546. The summed E-state index contributed by atoms with van der Waals surface area (Å²) in [6.07, 6.45) is 9.47. The maximum atomic E-state index is 12.4. The number of nitrogens with zero attached hydrogens (tertiary/aromatic N) is 4. The first-order valence-corrected chi connectivity index (χ1v) is 7.87. The summed E-state index contributed by atoms with van der Waals surface area (Å²) < 4.78 is 1.53. The lowest BCUT2D eigenvalue weighted by Gasteiger charge is -2.29. The van der Waals surface area contributed by atoms with Gasteiger partial charge in [-0.3, -0.25) is 4.79 Å². The second kappa shape index (κ2) is 9.15. The molecule has 0 radical (unpaired) electrons. The Hall–Kier alpha value is -1.44. The molecule has 9 heteroatoms. The highest BCUT2D eigenvalue weighted by Gasteiger charge is 2.25. The van der Waals surface area contributed by atoms with Crippen LogP contribution in [0, 0.1) is 12.8 Å². The predicted octanol–water partition coefficient (Wildman–Crippen LogP) is 1.91. The molecule has 0 aliphatic heterocycles. The van der Waals surface area contributed by atoms with Crippen LogP contribution in [-0.2, 0) is 0 Å². The van der Waals surface area contributed by atoms with Crippen LogP contribution in [0.1, 0.15) is 48.3 Å². The Kier molecular flexibility index (Phi) is 7.86. The fraction of sp³-hybridized carbons (Fsp3) is 0.600. The SMILES string of the molecule is Cc1cnc2nc(C(=O)NC(CN)C3CCCCC3)nn2c1.Cl.Cl. The van der Waals surface area contributed by atoms with E-state index in [9.17, 15) is 4.79 Å². The van der Waals surface area contributed by atoms with Crippen molar-refractivity contribution in [2.45, 2.75) is 45.1 Å².